The van der Waals surface area contributed by atoms with Gasteiger partial charge in [-0.15, -0.1) is 0 Å². The Hall–Kier alpha value is -2.62. The zero-order chi connectivity index (χ0) is 14.8. The van der Waals surface area contributed by atoms with Crippen molar-refractivity contribution < 1.29 is 9.18 Å². The monoisotopic (exact) mass is 280 g/mol. The van der Waals surface area contributed by atoms with Gasteiger partial charge in [0.15, 0.2) is 5.78 Å². The number of fused-ring (bicyclic) bond motifs is 1. The average molecular weight is 280 g/mol. The molecular formula is C17H13FN2O. The van der Waals surface area contributed by atoms with Crippen molar-refractivity contribution in [3.05, 3.63) is 71.3 Å². The molecular weight excluding hydrogens is 267 g/mol. The maximum atomic E-state index is 13.1. The van der Waals surface area contributed by atoms with Gasteiger partial charge in [0.25, 0.3) is 0 Å². The molecule has 0 spiro atoms. The Bertz CT molecular complexity index is 825. The largest absolute Gasteiger partial charge is 0.294 e. The highest BCUT2D eigenvalue weighted by Crippen LogP contribution is 2.18. The van der Waals surface area contributed by atoms with Gasteiger partial charge in [-0.3, -0.25) is 14.8 Å². The van der Waals surface area contributed by atoms with Crippen LogP contribution in [0.5, 0.6) is 0 Å². The summed E-state index contributed by atoms with van der Waals surface area (Å²) < 4.78 is 13.1. The lowest BCUT2D eigenvalue weighted by Crippen LogP contribution is -2.06. The average Bonchev–Trinajstić information content (AvgIpc) is 2.49. The van der Waals surface area contributed by atoms with Crippen LogP contribution in [-0.2, 0) is 6.42 Å². The first-order valence-corrected chi connectivity index (χ1v) is 6.63. The van der Waals surface area contributed by atoms with E-state index in [-0.39, 0.29) is 18.0 Å². The Balaban J connectivity index is 1.97. The lowest BCUT2D eigenvalue weighted by Gasteiger charge is -2.07. The van der Waals surface area contributed by atoms with Crippen molar-refractivity contribution in [3.8, 4) is 0 Å². The van der Waals surface area contributed by atoms with Crippen molar-refractivity contribution >= 4 is 16.8 Å². The van der Waals surface area contributed by atoms with Gasteiger partial charge in [0.05, 0.1) is 11.0 Å². The molecule has 0 radical (unpaired) electrons. The lowest BCUT2D eigenvalue weighted by molar-refractivity contribution is 0.0994. The smallest absolute Gasteiger partial charge is 0.169 e. The fraction of sp³-hybridized carbons (Fsp3) is 0.118. The number of ketones is 1. The van der Waals surface area contributed by atoms with Gasteiger partial charge in [-0.05, 0) is 42.3 Å². The quantitative estimate of drug-likeness (QED) is 0.690. The van der Waals surface area contributed by atoms with Gasteiger partial charge in [0.2, 0.25) is 0 Å². The molecule has 104 valence electrons. The fourth-order valence-corrected chi connectivity index (χ4v) is 2.34. The third-order valence-electron chi connectivity index (χ3n) is 3.45. The molecule has 0 atom stereocenters. The molecule has 0 aliphatic heterocycles. The first-order valence-electron chi connectivity index (χ1n) is 6.63. The molecule has 0 aliphatic carbocycles. The molecule has 3 nitrogen and oxygen atoms in total. The van der Waals surface area contributed by atoms with Crippen LogP contribution in [0.2, 0.25) is 0 Å². The summed E-state index contributed by atoms with van der Waals surface area (Å²) in [4.78, 5) is 20.9. The van der Waals surface area contributed by atoms with Crippen molar-refractivity contribution in [2.75, 3.05) is 0 Å². The van der Waals surface area contributed by atoms with Gasteiger partial charge in [-0.1, -0.05) is 12.1 Å². The van der Waals surface area contributed by atoms with Gasteiger partial charge < -0.3 is 0 Å². The second kappa shape index (κ2) is 5.40. The Morgan fingerprint density at radius 3 is 2.76 bits per heavy atom. The highest BCUT2D eigenvalue weighted by Gasteiger charge is 2.13. The Labute approximate surface area is 121 Å². The molecule has 0 fully saturated rings. The van der Waals surface area contributed by atoms with E-state index < -0.39 is 0 Å². The summed E-state index contributed by atoms with van der Waals surface area (Å²) in [6, 6.07) is 9.83. The van der Waals surface area contributed by atoms with Gasteiger partial charge in [0.1, 0.15) is 5.82 Å². The minimum atomic E-state index is -0.292. The topological polar surface area (TPSA) is 42.9 Å². The number of aromatic nitrogens is 2. The van der Waals surface area contributed by atoms with Crippen LogP contribution in [0.3, 0.4) is 0 Å². The first-order chi connectivity index (χ1) is 10.1. The van der Waals surface area contributed by atoms with E-state index in [0.29, 0.717) is 16.6 Å². The normalized spacial score (nSPS) is 10.8. The van der Waals surface area contributed by atoms with Crippen LogP contribution in [0.25, 0.3) is 11.0 Å². The van der Waals surface area contributed by atoms with Crippen molar-refractivity contribution in [1.82, 2.24) is 9.97 Å². The van der Waals surface area contributed by atoms with E-state index >= 15 is 0 Å². The number of carbonyl (C=O) groups excluding carboxylic acids is 1. The molecule has 3 rings (SSSR count). The van der Waals surface area contributed by atoms with E-state index in [9.17, 15) is 9.18 Å². The summed E-state index contributed by atoms with van der Waals surface area (Å²) in [5.74, 6) is -0.337. The Kier molecular flexibility index (Phi) is 3.44. The summed E-state index contributed by atoms with van der Waals surface area (Å²) in [7, 11) is 0. The summed E-state index contributed by atoms with van der Waals surface area (Å²) in [5, 5.41) is 0. The van der Waals surface area contributed by atoms with E-state index in [2.05, 4.69) is 9.97 Å². The van der Waals surface area contributed by atoms with Crippen LogP contribution in [0.4, 0.5) is 4.39 Å². The standard InChI is InChI=1S/C17H13FN2O/c1-11-9-13(18)6-5-12(11)10-16(21)14-3-2-4-15-17(14)20-8-7-19-15/h2-9H,10H2,1H3. The van der Waals surface area contributed by atoms with Gasteiger partial charge in [-0.25, -0.2) is 4.39 Å². The van der Waals surface area contributed by atoms with Gasteiger partial charge in [0, 0.05) is 24.4 Å². The number of aryl methyl sites for hydroxylation is 1. The molecule has 0 saturated heterocycles. The SMILES string of the molecule is Cc1cc(F)ccc1CC(=O)c1cccc2nccnc12. The third-order valence-corrected chi connectivity index (χ3v) is 3.45. The number of halogens is 1. The molecule has 0 amide bonds. The maximum absolute atomic E-state index is 13.1. The van der Waals surface area contributed by atoms with E-state index in [1.165, 1.54) is 12.1 Å². The second-order valence-electron chi connectivity index (χ2n) is 4.90. The summed E-state index contributed by atoms with van der Waals surface area (Å²) in [6.07, 6.45) is 3.39. The molecule has 0 N–H and O–H groups in total. The number of benzene rings is 2. The number of hydrogen-bond acceptors (Lipinski definition) is 3. The second-order valence-corrected chi connectivity index (χ2v) is 4.90. The zero-order valence-electron chi connectivity index (χ0n) is 11.5. The maximum Gasteiger partial charge on any atom is 0.169 e. The molecule has 21 heavy (non-hydrogen) atoms. The van der Waals surface area contributed by atoms with Crippen molar-refractivity contribution in [2.24, 2.45) is 0 Å². The predicted octanol–water partition coefficient (Wildman–Crippen LogP) is 3.50. The number of rotatable bonds is 3. The molecule has 1 aromatic heterocycles. The minimum Gasteiger partial charge on any atom is -0.294 e. The summed E-state index contributed by atoms with van der Waals surface area (Å²) >= 11 is 0. The predicted molar refractivity (Wildman–Crippen MR) is 78.7 cm³/mol. The first kappa shape index (κ1) is 13.4. The molecule has 0 unspecified atom stereocenters. The number of para-hydroxylation sites is 1. The van der Waals surface area contributed by atoms with Crippen molar-refractivity contribution in [2.45, 2.75) is 13.3 Å². The van der Waals surface area contributed by atoms with E-state index in [4.69, 9.17) is 0 Å². The van der Waals surface area contributed by atoms with Gasteiger partial charge >= 0.3 is 0 Å². The molecule has 0 bridgehead atoms. The van der Waals surface area contributed by atoms with Gasteiger partial charge in [-0.2, -0.15) is 0 Å². The van der Waals surface area contributed by atoms with Crippen molar-refractivity contribution in [1.29, 1.82) is 0 Å². The van der Waals surface area contributed by atoms with Crippen LogP contribution in [0.15, 0.2) is 48.8 Å². The number of Topliss-reactive ketones (excluding diaryl/α,β-unsaturated/α-hetero) is 1. The van der Waals surface area contributed by atoms with Crippen molar-refractivity contribution in [3.63, 3.8) is 0 Å². The Morgan fingerprint density at radius 2 is 1.95 bits per heavy atom. The molecule has 1 heterocycles. The van der Waals surface area contributed by atoms with Crippen LogP contribution in [0.1, 0.15) is 21.5 Å². The fourth-order valence-electron chi connectivity index (χ4n) is 2.34. The van der Waals surface area contributed by atoms with Crippen LogP contribution in [0, 0.1) is 12.7 Å². The minimum absolute atomic E-state index is 0.0455. The highest BCUT2D eigenvalue weighted by atomic mass is 19.1. The molecule has 4 heteroatoms. The molecule has 0 aliphatic rings. The zero-order valence-corrected chi connectivity index (χ0v) is 11.5. The summed E-state index contributed by atoms with van der Waals surface area (Å²) in [6.45, 7) is 1.80. The molecule has 0 saturated carbocycles. The number of carbonyl (C=O) groups is 1. The molecule has 2 aromatic carbocycles. The lowest BCUT2D eigenvalue weighted by atomic mass is 9.98. The summed E-state index contributed by atoms with van der Waals surface area (Å²) in [5.41, 5.74) is 3.44. The highest BCUT2D eigenvalue weighted by molar-refractivity contribution is 6.06. The van der Waals surface area contributed by atoms with Crippen LogP contribution in [-0.4, -0.2) is 15.8 Å². The van der Waals surface area contributed by atoms with E-state index in [0.717, 1.165) is 11.1 Å². The Morgan fingerprint density at radius 1 is 1.14 bits per heavy atom. The van der Waals surface area contributed by atoms with E-state index in [1.807, 2.05) is 6.07 Å². The molecule has 3 aromatic rings. The van der Waals surface area contributed by atoms with Crippen LogP contribution < -0.4 is 0 Å². The number of nitrogens with zero attached hydrogens (tertiary/aromatic N) is 2. The third kappa shape index (κ3) is 2.65. The number of hydrogen-bond donors (Lipinski definition) is 0. The van der Waals surface area contributed by atoms with Crippen LogP contribution >= 0.6 is 0 Å². The van der Waals surface area contributed by atoms with E-state index in [1.54, 1.807) is 37.5 Å².